The molecule has 0 atom stereocenters. The molecular formula is C11H18N2O2. The van der Waals surface area contributed by atoms with Gasteiger partial charge in [0.25, 0.3) is 0 Å². The molecule has 1 N–H and O–H groups in total. The van der Waals surface area contributed by atoms with E-state index in [2.05, 4.69) is 4.98 Å². The normalized spacial score (nSPS) is 11.2. The van der Waals surface area contributed by atoms with Crippen LogP contribution in [0.4, 0.5) is 5.69 Å². The number of carbonyl (C=O) groups is 1. The van der Waals surface area contributed by atoms with Crippen molar-refractivity contribution in [1.82, 2.24) is 4.98 Å². The van der Waals surface area contributed by atoms with E-state index in [4.69, 9.17) is 4.74 Å². The standard InChI is InChI=1S/C11H18N2O2/c1-11(2,10(14)15-4)8-13(3)9-5-6-12-7-9/h5-7,12H,8H2,1-4H3. The molecule has 15 heavy (non-hydrogen) atoms. The van der Waals surface area contributed by atoms with Crippen molar-refractivity contribution in [2.45, 2.75) is 13.8 Å². The van der Waals surface area contributed by atoms with Crippen LogP contribution in [0.5, 0.6) is 0 Å². The van der Waals surface area contributed by atoms with Crippen LogP contribution in [0.25, 0.3) is 0 Å². The van der Waals surface area contributed by atoms with Gasteiger partial charge < -0.3 is 14.6 Å². The van der Waals surface area contributed by atoms with Gasteiger partial charge in [0.15, 0.2) is 0 Å². The zero-order chi connectivity index (χ0) is 11.5. The zero-order valence-electron chi connectivity index (χ0n) is 9.70. The maximum Gasteiger partial charge on any atom is 0.313 e. The van der Waals surface area contributed by atoms with E-state index < -0.39 is 5.41 Å². The highest BCUT2D eigenvalue weighted by Crippen LogP contribution is 2.21. The topological polar surface area (TPSA) is 45.3 Å². The zero-order valence-corrected chi connectivity index (χ0v) is 9.70. The second-order valence-corrected chi connectivity index (χ2v) is 4.30. The monoisotopic (exact) mass is 210 g/mol. The minimum atomic E-state index is -0.499. The predicted octanol–water partition coefficient (Wildman–Crippen LogP) is 1.65. The average Bonchev–Trinajstić information content (AvgIpc) is 2.68. The summed E-state index contributed by atoms with van der Waals surface area (Å²) in [5, 5.41) is 0. The lowest BCUT2D eigenvalue weighted by Gasteiger charge is -2.28. The highest BCUT2D eigenvalue weighted by Gasteiger charge is 2.30. The van der Waals surface area contributed by atoms with E-state index in [1.807, 2.05) is 44.3 Å². The summed E-state index contributed by atoms with van der Waals surface area (Å²) in [7, 11) is 3.37. The van der Waals surface area contributed by atoms with Crippen LogP contribution in [-0.4, -0.2) is 31.7 Å². The van der Waals surface area contributed by atoms with Gasteiger partial charge in [0.05, 0.1) is 18.2 Å². The molecule has 1 rings (SSSR count). The Kier molecular flexibility index (Phi) is 3.39. The van der Waals surface area contributed by atoms with E-state index in [-0.39, 0.29) is 5.97 Å². The molecule has 0 fully saturated rings. The molecule has 0 spiro atoms. The number of carbonyl (C=O) groups excluding carboxylic acids is 1. The first-order chi connectivity index (χ1) is 6.97. The third-order valence-electron chi connectivity index (χ3n) is 2.39. The molecule has 0 amide bonds. The number of H-pyrrole nitrogens is 1. The highest BCUT2D eigenvalue weighted by atomic mass is 16.5. The molecular weight excluding hydrogens is 192 g/mol. The second-order valence-electron chi connectivity index (χ2n) is 4.30. The molecule has 1 aromatic heterocycles. The number of esters is 1. The van der Waals surface area contributed by atoms with Crippen LogP contribution in [0, 0.1) is 5.41 Å². The van der Waals surface area contributed by atoms with E-state index in [9.17, 15) is 4.79 Å². The third kappa shape index (κ3) is 2.75. The Bertz CT molecular complexity index is 317. The number of methoxy groups -OCH3 is 1. The van der Waals surface area contributed by atoms with Crippen LogP contribution in [0.3, 0.4) is 0 Å². The number of nitrogens with one attached hydrogen (secondary N) is 1. The van der Waals surface area contributed by atoms with Crippen molar-refractivity contribution in [1.29, 1.82) is 0 Å². The van der Waals surface area contributed by atoms with E-state index in [1.54, 1.807) is 0 Å². The SMILES string of the molecule is COC(=O)C(C)(C)CN(C)c1cc[nH]c1. The van der Waals surface area contributed by atoms with Gasteiger partial charge in [-0.05, 0) is 19.9 Å². The lowest BCUT2D eigenvalue weighted by molar-refractivity contribution is -0.150. The first-order valence-corrected chi connectivity index (χ1v) is 4.90. The maximum atomic E-state index is 11.5. The molecule has 0 saturated heterocycles. The first-order valence-electron chi connectivity index (χ1n) is 4.90. The molecule has 1 aromatic rings. The highest BCUT2D eigenvalue weighted by molar-refractivity contribution is 5.76. The van der Waals surface area contributed by atoms with Crippen molar-refractivity contribution in [3.8, 4) is 0 Å². The Labute approximate surface area is 90.2 Å². The number of hydrogen-bond donors (Lipinski definition) is 1. The Hall–Kier alpha value is -1.45. The molecule has 84 valence electrons. The van der Waals surface area contributed by atoms with Crippen LogP contribution in [0.15, 0.2) is 18.5 Å². The molecule has 1 heterocycles. The van der Waals surface area contributed by atoms with Crippen molar-refractivity contribution < 1.29 is 9.53 Å². The molecule has 0 aromatic carbocycles. The Balaban J connectivity index is 2.65. The van der Waals surface area contributed by atoms with Crippen LogP contribution in [-0.2, 0) is 9.53 Å². The fourth-order valence-electron chi connectivity index (χ4n) is 1.58. The maximum absolute atomic E-state index is 11.5. The van der Waals surface area contributed by atoms with Crippen LogP contribution in [0.2, 0.25) is 0 Å². The van der Waals surface area contributed by atoms with Crippen LogP contribution < -0.4 is 4.90 Å². The van der Waals surface area contributed by atoms with Gasteiger partial charge in [-0.1, -0.05) is 0 Å². The Morgan fingerprint density at radius 2 is 2.27 bits per heavy atom. The predicted molar refractivity (Wildman–Crippen MR) is 59.9 cm³/mol. The van der Waals surface area contributed by atoms with Gasteiger partial charge in [-0.25, -0.2) is 0 Å². The van der Waals surface area contributed by atoms with Crippen molar-refractivity contribution >= 4 is 11.7 Å². The van der Waals surface area contributed by atoms with Gasteiger partial charge in [0, 0.05) is 26.0 Å². The summed E-state index contributed by atoms with van der Waals surface area (Å²) >= 11 is 0. The lowest BCUT2D eigenvalue weighted by Crippen LogP contribution is -2.38. The molecule has 4 nitrogen and oxygen atoms in total. The largest absolute Gasteiger partial charge is 0.469 e. The fraction of sp³-hybridized carbons (Fsp3) is 0.545. The fourth-order valence-corrected chi connectivity index (χ4v) is 1.58. The first kappa shape index (κ1) is 11.6. The molecule has 0 aliphatic rings. The second kappa shape index (κ2) is 4.38. The Morgan fingerprint density at radius 1 is 1.60 bits per heavy atom. The minimum absolute atomic E-state index is 0.190. The number of hydrogen-bond acceptors (Lipinski definition) is 3. The number of ether oxygens (including phenoxy) is 1. The third-order valence-corrected chi connectivity index (χ3v) is 2.39. The van der Waals surface area contributed by atoms with Crippen molar-refractivity contribution in [2.24, 2.45) is 5.41 Å². The summed E-state index contributed by atoms with van der Waals surface area (Å²) in [5.41, 5.74) is 0.563. The van der Waals surface area contributed by atoms with Crippen LogP contribution >= 0.6 is 0 Å². The van der Waals surface area contributed by atoms with E-state index in [1.165, 1.54) is 7.11 Å². The van der Waals surface area contributed by atoms with Gasteiger partial charge in [-0.3, -0.25) is 4.79 Å². The molecule has 0 saturated carbocycles. The lowest BCUT2D eigenvalue weighted by atomic mass is 9.93. The average molecular weight is 210 g/mol. The Morgan fingerprint density at radius 3 is 2.73 bits per heavy atom. The van der Waals surface area contributed by atoms with Crippen molar-refractivity contribution in [3.63, 3.8) is 0 Å². The molecule has 0 bridgehead atoms. The number of rotatable bonds is 4. The smallest absolute Gasteiger partial charge is 0.313 e. The summed E-state index contributed by atoms with van der Waals surface area (Å²) in [6.07, 6.45) is 3.75. The quantitative estimate of drug-likeness (QED) is 0.768. The number of aromatic nitrogens is 1. The summed E-state index contributed by atoms with van der Waals surface area (Å²) in [6.45, 7) is 4.38. The molecule has 0 aliphatic carbocycles. The summed E-state index contributed by atoms with van der Waals surface area (Å²) in [5.74, 6) is -0.190. The molecule has 0 aliphatic heterocycles. The molecule has 0 unspecified atom stereocenters. The van der Waals surface area contributed by atoms with Gasteiger partial charge in [0.2, 0.25) is 0 Å². The summed E-state index contributed by atoms with van der Waals surface area (Å²) in [4.78, 5) is 16.5. The van der Waals surface area contributed by atoms with E-state index >= 15 is 0 Å². The summed E-state index contributed by atoms with van der Waals surface area (Å²) in [6, 6.07) is 1.97. The summed E-state index contributed by atoms with van der Waals surface area (Å²) < 4.78 is 4.76. The number of anilines is 1. The molecule has 4 heteroatoms. The van der Waals surface area contributed by atoms with E-state index in [0.717, 1.165) is 5.69 Å². The van der Waals surface area contributed by atoms with Gasteiger partial charge in [-0.15, -0.1) is 0 Å². The minimum Gasteiger partial charge on any atom is -0.469 e. The van der Waals surface area contributed by atoms with Crippen molar-refractivity contribution in [3.05, 3.63) is 18.5 Å². The van der Waals surface area contributed by atoms with Gasteiger partial charge >= 0.3 is 5.97 Å². The number of aromatic amines is 1. The van der Waals surface area contributed by atoms with Gasteiger partial charge in [0.1, 0.15) is 0 Å². The van der Waals surface area contributed by atoms with Crippen molar-refractivity contribution in [2.75, 3.05) is 25.6 Å². The van der Waals surface area contributed by atoms with Crippen LogP contribution in [0.1, 0.15) is 13.8 Å². The van der Waals surface area contributed by atoms with Gasteiger partial charge in [-0.2, -0.15) is 0 Å². The van der Waals surface area contributed by atoms with E-state index in [0.29, 0.717) is 6.54 Å². The molecule has 0 radical (unpaired) electrons. The number of nitrogens with zero attached hydrogens (tertiary/aromatic N) is 1.